The fourth-order valence-electron chi connectivity index (χ4n) is 3.26. The van der Waals surface area contributed by atoms with Gasteiger partial charge in [-0.25, -0.2) is 17.7 Å². The highest BCUT2D eigenvalue weighted by molar-refractivity contribution is 7.96. The highest BCUT2D eigenvalue weighted by atomic mass is 35.5. The van der Waals surface area contributed by atoms with Crippen molar-refractivity contribution < 1.29 is 31.1 Å². The van der Waals surface area contributed by atoms with Gasteiger partial charge in [-0.1, -0.05) is 23.2 Å². The highest BCUT2D eigenvalue weighted by Gasteiger charge is 2.40. The van der Waals surface area contributed by atoms with Gasteiger partial charge in [-0.3, -0.25) is 9.78 Å². The smallest absolute Gasteiger partial charge is 0.363 e. The summed E-state index contributed by atoms with van der Waals surface area (Å²) in [6.45, 7) is 1.05. The zero-order valence-corrected chi connectivity index (χ0v) is 20.2. The maximum atomic E-state index is 13.5. The van der Waals surface area contributed by atoms with Crippen molar-refractivity contribution >= 4 is 44.7 Å². The van der Waals surface area contributed by atoms with E-state index < -0.39 is 44.2 Å². The number of nitrogens with zero attached hydrogens (tertiary/aromatic N) is 3. The minimum absolute atomic E-state index is 0.00491. The number of ether oxygens (including phenoxy) is 1. The van der Waals surface area contributed by atoms with Crippen LogP contribution in [0.1, 0.15) is 34.6 Å². The molecule has 13 heteroatoms. The van der Waals surface area contributed by atoms with Gasteiger partial charge in [0.2, 0.25) is 5.78 Å². The van der Waals surface area contributed by atoms with Gasteiger partial charge in [-0.2, -0.15) is 13.2 Å². The molecule has 3 rings (SSSR count). The van der Waals surface area contributed by atoms with Crippen LogP contribution >= 0.6 is 23.2 Å². The van der Waals surface area contributed by atoms with Gasteiger partial charge in [0.15, 0.2) is 0 Å². The van der Waals surface area contributed by atoms with E-state index in [-0.39, 0.29) is 34.8 Å². The maximum Gasteiger partial charge on any atom is 0.417 e. The molecule has 0 N–H and O–H groups in total. The molecule has 1 aliphatic rings. The zero-order chi connectivity index (χ0) is 25.3. The molecular formula is C21H18Cl2F3N3O4S. The minimum atomic E-state index is -4.84. The van der Waals surface area contributed by atoms with Gasteiger partial charge in [0.25, 0.3) is 10.0 Å². The maximum absolute atomic E-state index is 13.5. The third-order valence-electron chi connectivity index (χ3n) is 4.84. The molecule has 0 radical (unpaired) electrons. The molecular weight excluding hydrogens is 518 g/mol. The lowest BCUT2D eigenvalue weighted by Crippen LogP contribution is -2.36. The Labute approximate surface area is 203 Å². The first-order valence-electron chi connectivity index (χ1n) is 9.67. The van der Waals surface area contributed by atoms with Crippen LogP contribution in [0.3, 0.4) is 0 Å². The molecule has 0 unspecified atom stereocenters. The van der Waals surface area contributed by atoms with Crippen LogP contribution < -0.4 is 4.31 Å². The van der Waals surface area contributed by atoms with Gasteiger partial charge in [0.1, 0.15) is 12.4 Å². The van der Waals surface area contributed by atoms with Gasteiger partial charge in [0, 0.05) is 35.8 Å². The average Bonchev–Trinajstić information content (AvgIpc) is 2.76. The summed E-state index contributed by atoms with van der Waals surface area (Å²) in [5.74, 6) is -0.634. The third kappa shape index (κ3) is 5.43. The van der Waals surface area contributed by atoms with Gasteiger partial charge in [0.05, 0.1) is 21.2 Å². The first-order valence-corrected chi connectivity index (χ1v) is 11.9. The molecule has 0 bridgehead atoms. The molecule has 2 heterocycles. The molecule has 0 spiro atoms. The van der Waals surface area contributed by atoms with Crippen molar-refractivity contribution in [3.05, 3.63) is 74.2 Å². The van der Waals surface area contributed by atoms with Crippen molar-refractivity contribution in [2.45, 2.75) is 25.9 Å². The molecule has 2 aromatic rings. The van der Waals surface area contributed by atoms with E-state index >= 15 is 0 Å². The number of allylic oxidation sites excluding steroid dienone is 4. The number of ketones is 1. The van der Waals surface area contributed by atoms with E-state index in [2.05, 4.69) is 9.97 Å². The Hall–Kier alpha value is -2.47. The number of methoxy groups -OCH3 is 1. The van der Waals surface area contributed by atoms with E-state index in [0.717, 1.165) is 6.20 Å². The number of pyridine rings is 2. The van der Waals surface area contributed by atoms with E-state index in [1.54, 1.807) is 6.92 Å². The van der Waals surface area contributed by atoms with Crippen molar-refractivity contribution in [3.63, 3.8) is 0 Å². The average molecular weight is 536 g/mol. The second kappa shape index (κ2) is 10.0. The molecule has 1 aliphatic carbocycles. The largest absolute Gasteiger partial charge is 0.417 e. The topological polar surface area (TPSA) is 89.5 Å². The number of hydrogen-bond acceptors (Lipinski definition) is 6. The molecule has 0 saturated heterocycles. The molecule has 182 valence electrons. The molecule has 0 saturated carbocycles. The monoisotopic (exact) mass is 535 g/mol. The lowest BCUT2D eigenvalue weighted by molar-refractivity contribution is -0.0889. The highest BCUT2D eigenvalue weighted by Crippen LogP contribution is 2.40. The van der Waals surface area contributed by atoms with Crippen LogP contribution in [0.5, 0.6) is 0 Å². The van der Waals surface area contributed by atoms with Crippen LogP contribution in [0.4, 0.5) is 18.9 Å². The first-order chi connectivity index (χ1) is 15.9. The van der Waals surface area contributed by atoms with Crippen LogP contribution in [0.15, 0.2) is 52.2 Å². The van der Waals surface area contributed by atoms with Crippen LogP contribution in [0.2, 0.25) is 5.02 Å². The Morgan fingerprint density at radius 3 is 2.53 bits per heavy atom. The number of anilines is 1. The zero-order valence-electron chi connectivity index (χ0n) is 17.9. The lowest BCUT2D eigenvalue weighted by Gasteiger charge is -2.28. The van der Waals surface area contributed by atoms with Crippen LogP contribution in [0.25, 0.3) is 0 Å². The second-order valence-electron chi connectivity index (χ2n) is 7.23. The molecule has 7 nitrogen and oxygen atoms in total. The Kier molecular flexibility index (Phi) is 7.71. The molecule has 0 atom stereocenters. The number of alkyl halides is 3. The van der Waals surface area contributed by atoms with Crippen molar-refractivity contribution in [2.75, 3.05) is 18.1 Å². The summed E-state index contributed by atoms with van der Waals surface area (Å²) in [6, 6.07) is 4.10. The van der Waals surface area contributed by atoms with Crippen LogP contribution in [-0.2, 0) is 14.8 Å². The summed E-state index contributed by atoms with van der Waals surface area (Å²) in [5, 5.41) is -0.483. The molecule has 2 aromatic heterocycles. The number of carbonyl (C=O) groups excluding carboxylic acids is 1. The van der Waals surface area contributed by atoms with Crippen molar-refractivity contribution in [1.82, 2.24) is 9.97 Å². The summed E-state index contributed by atoms with van der Waals surface area (Å²) in [5.41, 5.74) is -1.05. The van der Waals surface area contributed by atoms with Crippen LogP contribution in [-0.4, -0.2) is 44.2 Å². The number of carbonyl (C=O) groups is 1. The summed E-state index contributed by atoms with van der Waals surface area (Å²) in [7, 11) is -3.41. The molecule has 0 fully saturated rings. The second-order valence-corrected chi connectivity index (χ2v) is 10.0. The Balaban J connectivity index is 2.16. The molecule has 0 aromatic carbocycles. The van der Waals surface area contributed by atoms with E-state index in [1.807, 2.05) is 0 Å². The summed E-state index contributed by atoms with van der Waals surface area (Å²) in [6.07, 6.45) is -2.38. The Morgan fingerprint density at radius 1 is 1.21 bits per heavy atom. The van der Waals surface area contributed by atoms with Gasteiger partial charge in [-0.15, -0.1) is 0 Å². The van der Waals surface area contributed by atoms with E-state index in [4.69, 9.17) is 27.9 Å². The fraction of sp³-hybridized carbons (Fsp3) is 0.286. The Morgan fingerprint density at radius 2 is 1.91 bits per heavy atom. The number of halogens is 5. The third-order valence-corrected chi connectivity index (χ3v) is 7.30. The first kappa shape index (κ1) is 26.1. The van der Waals surface area contributed by atoms with Crippen molar-refractivity contribution in [2.24, 2.45) is 0 Å². The van der Waals surface area contributed by atoms with E-state index in [0.29, 0.717) is 16.1 Å². The molecule has 0 aliphatic heterocycles. The predicted molar refractivity (Wildman–Crippen MR) is 121 cm³/mol. The molecule has 0 amide bonds. The van der Waals surface area contributed by atoms with E-state index in [9.17, 15) is 26.4 Å². The van der Waals surface area contributed by atoms with Crippen LogP contribution in [0, 0.1) is 6.92 Å². The number of aryl methyl sites for hydroxylation is 1. The minimum Gasteiger partial charge on any atom is -0.363 e. The standard InChI is InChI=1S/C21H18Cl2F3N3O4S/c1-12-7-13(5-6-27-12)20(30)19-18(8-14(22)10-28-19)29(11-33-2)34(31,32)15-3-4-17(23)16(9-15)21(24,25)26/h5-10H,3-4,11H2,1-2H3. The predicted octanol–water partition coefficient (Wildman–Crippen LogP) is 5.14. The number of aromatic nitrogens is 2. The fourth-order valence-corrected chi connectivity index (χ4v) is 5.22. The number of hydrogen-bond donors (Lipinski definition) is 0. The van der Waals surface area contributed by atoms with Gasteiger partial charge < -0.3 is 4.74 Å². The summed E-state index contributed by atoms with van der Waals surface area (Å²) < 4.78 is 72.8. The Bertz CT molecular complexity index is 1290. The summed E-state index contributed by atoms with van der Waals surface area (Å²) >= 11 is 11.8. The van der Waals surface area contributed by atoms with Gasteiger partial charge in [-0.05, 0) is 44.0 Å². The molecule has 34 heavy (non-hydrogen) atoms. The summed E-state index contributed by atoms with van der Waals surface area (Å²) in [4.78, 5) is 20.7. The lowest BCUT2D eigenvalue weighted by atomic mass is 10.1. The van der Waals surface area contributed by atoms with Crippen molar-refractivity contribution in [3.8, 4) is 0 Å². The number of sulfonamides is 1. The van der Waals surface area contributed by atoms with Crippen molar-refractivity contribution in [1.29, 1.82) is 0 Å². The quantitative estimate of drug-likeness (QED) is 0.360. The van der Waals surface area contributed by atoms with Gasteiger partial charge >= 0.3 is 6.18 Å². The normalized spacial score (nSPS) is 14.7. The number of rotatable bonds is 7. The van der Waals surface area contributed by atoms with E-state index in [1.165, 1.54) is 31.5 Å². The SMILES string of the molecule is COCN(c1cc(Cl)cnc1C(=O)c1ccnc(C)c1)S(=O)(=O)C1=CC(C(F)(F)F)=C(Cl)CC1.